The molecule has 0 amide bonds. The summed E-state index contributed by atoms with van der Waals surface area (Å²) in [5, 5.41) is 2.20. The average Bonchev–Trinajstić information content (AvgIpc) is 2.65. The first-order valence-electron chi connectivity index (χ1n) is 4.30. The lowest BCUT2D eigenvalue weighted by atomic mass is 10.1. The molecule has 0 aliphatic rings. The molecule has 0 aliphatic carbocycles. The molecule has 0 aliphatic heterocycles. The van der Waals surface area contributed by atoms with E-state index in [0.717, 1.165) is 4.47 Å². The summed E-state index contributed by atoms with van der Waals surface area (Å²) in [6.45, 7) is 0. The predicted molar refractivity (Wildman–Crippen MR) is 81.9 cm³/mol. The largest absolute Gasteiger partial charge is 0.137 e. The van der Waals surface area contributed by atoms with Crippen LogP contribution in [0.3, 0.4) is 0 Å². The normalized spacial score (nSPS) is 12.7. The van der Waals surface area contributed by atoms with Crippen LogP contribution in [0.2, 0.25) is 0 Å². The van der Waals surface area contributed by atoms with E-state index in [1.54, 1.807) is 11.3 Å². The van der Waals surface area contributed by atoms with Gasteiger partial charge in [0.15, 0.2) is 0 Å². The quantitative estimate of drug-likeness (QED) is 0.407. The number of alkyl halides is 1. The molecular formula is C11H7Br2IS. The minimum absolute atomic E-state index is 0.297. The Labute approximate surface area is 123 Å². The molecule has 1 unspecified atom stereocenters. The SMILES string of the molecule is Brc1ccc(C(Br)c2csc(I)c2)cc1. The standard InChI is InChI=1S/C11H7Br2IS/c12-9-3-1-7(2-4-9)11(13)8-5-10(14)15-6-8/h1-6,11H. The van der Waals surface area contributed by atoms with Crippen LogP contribution in [0.25, 0.3) is 0 Å². The van der Waals surface area contributed by atoms with Gasteiger partial charge in [-0.15, -0.1) is 11.3 Å². The summed E-state index contributed by atoms with van der Waals surface area (Å²) in [5.74, 6) is 0. The van der Waals surface area contributed by atoms with Gasteiger partial charge in [0.2, 0.25) is 0 Å². The smallest absolute Gasteiger partial charge is 0.0656 e. The van der Waals surface area contributed by atoms with Crippen LogP contribution >= 0.6 is 65.8 Å². The minimum Gasteiger partial charge on any atom is -0.137 e. The van der Waals surface area contributed by atoms with Gasteiger partial charge in [0.05, 0.1) is 7.71 Å². The van der Waals surface area contributed by atoms with Gasteiger partial charge in [0.1, 0.15) is 0 Å². The second kappa shape index (κ2) is 5.29. The number of thiophene rings is 1. The van der Waals surface area contributed by atoms with Gasteiger partial charge in [-0.05, 0) is 57.3 Å². The minimum atomic E-state index is 0.297. The van der Waals surface area contributed by atoms with Crippen LogP contribution in [0, 0.1) is 2.88 Å². The summed E-state index contributed by atoms with van der Waals surface area (Å²) in [4.78, 5) is 0.297. The molecular weight excluding hydrogens is 451 g/mol. The molecule has 4 heteroatoms. The Morgan fingerprint density at radius 1 is 1.13 bits per heavy atom. The first kappa shape index (κ1) is 12.1. The average molecular weight is 458 g/mol. The molecule has 2 rings (SSSR count). The molecule has 0 bridgehead atoms. The molecule has 0 N–H and O–H groups in total. The van der Waals surface area contributed by atoms with Crippen LogP contribution in [0.4, 0.5) is 0 Å². The highest BCUT2D eigenvalue weighted by Crippen LogP contribution is 2.34. The Kier molecular flexibility index (Phi) is 4.26. The van der Waals surface area contributed by atoms with Crippen molar-refractivity contribution in [3.8, 4) is 0 Å². The Hall–Kier alpha value is 0.610. The Balaban J connectivity index is 2.28. The van der Waals surface area contributed by atoms with Crippen LogP contribution < -0.4 is 0 Å². The summed E-state index contributed by atoms with van der Waals surface area (Å²) in [7, 11) is 0. The molecule has 0 fully saturated rings. The molecule has 78 valence electrons. The molecule has 1 aromatic carbocycles. The van der Waals surface area contributed by atoms with E-state index in [1.807, 2.05) is 0 Å². The van der Waals surface area contributed by atoms with E-state index in [9.17, 15) is 0 Å². The Morgan fingerprint density at radius 2 is 1.80 bits per heavy atom. The van der Waals surface area contributed by atoms with Gasteiger partial charge >= 0.3 is 0 Å². The number of halogens is 3. The predicted octanol–water partition coefficient (Wildman–Crippen LogP) is 5.60. The van der Waals surface area contributed by atoms with Crippen LogP contribution in [0.1, 0.15) is 16.0 Å². The van der Waals surface area contributed by atoms with Gasteiger partial charge in [-0.3, -0.25) is 0 Å². The van der Waals surface area contributed by atoms with E-state index in [1.165, 1.54) is 14.0 Å². The third-order valence-corrected chi connectivity index (χ3v) is 5.44. The van der Waals surface area contributed by atoms with E-state index >= 15 is 0 Å². The lowest BCUT2D eigenvalue weighted by Crippen LogP contribution is -1.89. The van der Waals surface area contributed by atoms with Crippen LogP contribution in [-0.2, 0) is 0 Å². The fourth-order valence-electron chi connectivity index (χ4n) is 1.28. The lowest BCUT2D eigenvalue weighted by Gasteiger charge is -2.07. The molecule has 0 spiro atoms. The first-order valence-corrected chi connectivity index (χ1v) is 7.97. The summed E-state index contributed by atoms with van der Waals surface area (Å²) in [6.07, 6.45) is 0. The van der Waals surface area contributed by atoms with Crippen molar-refractivity contribution in [3.05, 3.63) is 54.2 Å². The van der Waals surface area contributed by atoms with Crippen molar-refractivity contribution in [1.82, 2.24) is 0 Å². The topological polar surface area (TPSA) is 0 Å². The second-order valence-electron chi connectivity index (χ2n) is 3.10. The molecule has 0 radical (unpaired) electrons. The monoisotopic (exact) mass is 456 g/mol. The molecule has 1 atom stereocenters. The van der Waals surface area contributed by atoms with Gasteiger partial charge in [-0.25, -0.2) is 0 Å². The van der Waals surface area contributed by atoms with Crippen LogP contribution in [0.5, 0.6) is 0 Å². The van der Waals surface area contributed by atoms with Crippen molar-refractivity contribution in [2.75, 3.05) is 0 Å². The van der Waals surface area contributed by atoms with Gasteiger partial charge in [0, 0.05) is 4.47 Å². The van der Waals surface area contributed by atoms with Crippen molar-refractivity contribution in [2.45, 2.75) is 4.83 Å². The first-order chi connectivity index (χ1) is 7.16. The maximum Gasteiger partial charge on any atom is 0.0656 e. The van der Waals surface area contributed by atoms with Gasteiger partial charge in [-0.2, -0.15) is 0 Å². The fourth-order valence-corrected chi connectivity index (χ4v) is 3.69. The second-order valence-corrected chi connectivity index (χ2v) is 7.74. The summed E-state index contributed by atoms with van der Waals surface area (Å²) >= 11 is 11.3. The molecule has 1 heterocycles. The van der Waals surface area contributed by atoms with Crippen molar-refractivity contribution < 1.29 is 0 Å². The summed E-state index contributed by atoms with van der Waals surface area (Å²) in [5.41, 5.74) is 2.61. The number of rotatable bonds is 2. The van der Waals surface area contributed by atoms with E-state index in [0.29, 0.717) is 4.83 Å². The zero-order valence-corrected chi connectivity index (χ0v) is 13.7. The Morgan fingerprint density at radius 3 is 2.33 bits per heavy atom. The van der Waals surface area contributed by atoms with Gasteiger partial charge in [-0.1, -0.05) is 44.0 Å². The number of hydrogen-bond acceptors (Lipinski definition) is 1. The van der Waals surface area contributed by atoms with E-state index in [-0.39, 0.29) is 0 Å². The zero-order valence-electron chi connectivity index (χ0n) is 7.58. The third-order valence-electron chi connectivity index (χ3n) is 2.04. The summed E-state index contributed by atoms with van der Waals surface area (Å²) in [6, 6.07) is 10.6. The fraction of sp³-hybridized carbons (Fsp3) is 0.0909. The summed E-state index contributed by atoms with van der Waals surface area (Å²) < 4.78 is 2.44. The molecule has 15 heavy (non-hydrogen) atoms. The maximum absolute atomic E-state index is 3.72. The molecule has 2 aromatic rings. The highest BCUT2D eigenvalue weighted by atomic mass is 127. The van der Waals surface area contributed by atoms with E-state index in [4.69, 9.17) is 0 Å². The van der Waals surface area contributed by atoms with Gasteiger partial charge < -0.3 is 0 Å². The maximum atomic E-state index is 3.72. The van der Waals surface area contributed by atoms with E-state index < -0.39 is 0 Å². The zero-order chi connectivity index (χ0) is 10.8. The van der Waals surface area contributed by atoms with Gasteiger partial charge in [0.25, 0.3) is 0 Å². The van der Waals surface area contributed by atoms with Crippen molar-refractivity contribution >= 4 is 65.8 Å². The molecule has 0 nitrogen and oxygen atoms in total. The highest BCUT2D eigenvalue weighted by molar-refractivity contribution is 14.1. The number of hydrogen-bond donors (Lipinski definition) is 0. The van der Waals surface area contributed by atoms with Crippen molar-refractivity contribution in [1.29, 1.82) is 0 Å². The number of benzene rings is 1. The highest BCUT2D eigenvalue weighted by Gasteiger charge is 2.11. The van der Waals surface area contributed by atoms with Crippen LogP contribution in [0.15, 0.2) is 40.2 Å². The lowest BCUT2D eigenvalue weighted by molar-refractivity contribution is 1.19. The third kappa shape index (κ3) is 3.05. The van der Waals surface area contributed by atoms with Crippen molar-refractivity contribution in [3.63, 3.8) is 0 Å². The van der Waals surface area contributed by atoms with Crippen molar-refractivity contribution in [2.24, 2.45) is 0 Å². The van der Waals surface area contributed by atoms with E-state index in [2.05, 4.69) is 90.2 Å². The Bertz CT molecular complexity index is 450. The molecule has 1 aromatic heterocycles. The molecule has 0 saturated heterocycles. The molecule has 0 saturated carbocycles. The van der Waals surface area contributed by atoms with Crippen LogP contribution in [-0.4, -0.2) is 0 Å².